The zero-order chi connectivity index (χ0) is 19.8. The van der Waals surface area contributed by atoms with E-state index in [-0.39, 0.29) is 0 Å². The molecule has 146 valence electrons. The molecule has 0 aromatic rings. The topological polar surface area (TPSA) is 9.23 Å². The van der Waals surface area contributed by atoms with Gasteiger partial charge < -0.3 is 4.43 Å². The summed E-state index contributed by atoms with van der Waals surface area (Å²) >= 11 is 0. The van der Waals surface area contributed by atoms with Crippen molar-refractivity contribution >= 4 is 16.4 Å². The molecule has 0 fully saturated rings. The SMILES string of the molecule is C=C(CC(C#CO[Si](C(C)C)(C(C)C)C(C)C)CCC)C[Si](C)(C)C. The predicted octanol–water partition coefficient (Wildman–Crippen LogP) is 7.84. The first-order chi connectivity index (χ1) is 11.4. The highest BCUT2D eigenvalue weighted by molar-refractivity contribution is 6.78. The highest BCUT2D eigenvalue weighted by Crippen LogP contribution is 2.42. The largest absolute Gasteiger partial charge is 0.500 e. The lowest BCUT2D eigenvalue weighted by molar-refractivity contribution is 0.443. The average molecular weight is 381 g/mol. The van der Waals surface area contributed by atoms with Gasteiger partial charge in [0, 0.05) is 14.0 Å². The van der Waals surface area contributed by atoms with Gasteiger partial charge in [-0.15, -0.1) is 6.58 Å². The fourth-order valence-corrected chi connectivity index (χ4v) is 10.9. The zero-order valence-corrected chi connectivity index (χ0v) is 20.8. The van der Waals surface area contributed by atoms with Crippen molar-refractivity contribution in [1.82, 2.24) is 0 Å². The minimum atomic E-state index is -1.88. The molecule has 0 spiro atoms. The Balaban J connectivity index is 5.19. The van der Waals surface area contributed by atoms with Gasteiger partial charge in [0.1, 0.15) is 0 Å². The zero-order valence-electron chi connectivity index (χ0n) is 18.8. The molecule has 0 radical (unpaired) electrons. The molecule has 0 saturated heterocycles. The molecule has 1 atom stereocenters. The first kappa shape index (κ1) is 24.5. The van der Waals surface area contributed by atoms with Crippen LogP contribution in [0.4, 0.5) is 0 Å². The van der Waals surface area contributed by atoms with Gasteiger partial charge in [-0.1, -0.05) is 86.0 Å². The molecule has 0 rings (SSSR count). The molecule has 0 heterocycles. The van der Waals surface area contributed by atoms with Gasteiger partial charge in [0.05, 0.1) is 6.11 Å². The van der Waals surface area contributed by atoms with Crippen LogP contribution < -0.4 is 0 Å². The van der Waals surface area contributed by atoms with Gasteiger partial charge in [0.25, 0.3) is 8.32 Å². The summed E-state index contributed by atoms with van der Waals surface area (Å²) in [4.78, 5) is 0. The number of hydrogen-bond donors (Lipinski definition) is 0. The van der Waals surface area contributed by atoms with Crippen LogP contribution in [0, 0.1) is 17.9 Å². The monoisotopic (exact) mass is 380 g/mol. The Hall–Kier alpha value is -0.466. The fourth-order valence-electron chi connectivity index (χ4n) is 4.30. The van der Waals surface area contributed by atoms with Crippen molar-refractivity contribution in [3.63, 3.8) is 0 Å². The van der Waals surface area contributed by atoms with Crippen LogP contribution in [0.15, 0.2) is 12.2 Å². The van der Waals surface area contributed by atoms with Crippen LogP contribution in [0.25, 0.3) is 0 Å². The van der Waals surface area contributed by atoms with Crippen molar-refractivity contribution < 1.29 is 4.43 Å². The van der Waals surface area contributed by atoms with Gasteiger partial charge in [-0.2, -0.15) is 0 Å². The van der Waals surface area contributed by atoms with E-state index in [9.17, 15) is 0 Å². The second kappa shape index (κ2) is 10.6. The molecule has 0 saturated carbocycles. The molecule has 0 N–H and O–H groups in total. The second-order valence-electron chi connectivity index (χ2n) is 9.84. The average Bonchev–Trinajstić information content (AvgIpc) is 2.40. The smallest absolute Gasteiger partial charge is 0.272 e. The van der Waals surface area contributed by atoms with Crippen LogP contribution in [-0.4, -0.2) is 16.4 Å². The summed E-state index contributed by atoms with van der Waals surface area (Å²) in [5, 5.41) is 0. The van der Waals surface area contributed by atoms with E-state index in [0.29, 0.717) is 22.5 Å². The minimum absolute atomic E-state index is 0.395. The van der Waals surface area contributed by atoms with Crippen molar-refractivity contribution in [3.8, 4) is 12.0 Å². The molecule has 0 bridgehead atoms. The molecule has 25 heavy (non-hydrogen) atoms. The maximum Gasteiger partial charge on any atom is 0.272 e. The highest BCUT2D eigenvalue weighted by atomic mass is 28.4. The van der Waals surface area contributed by atoms with E-state index < -0.39 is 16.4 Å². The Morgan fingerprint density at radius 3 is 1.80 bits per heavy atom. The van der Waals surface area contributed by atoms with Crippen molar-refractivity contribution in [2.75, 3.05) is 0 Å². The second-order valence-corrected chi connectivity index (χ2v) is 20.7. The van der Waals surface area contributed by atoms with Crippen LogP contribution >= 0.6 is 0 Å². The molecule has 0 amide bonds. The third kappa shape index (κ3) is 8.18. The van der Waals surface area contributed by atoms with Crippen LogP contribution in [0.2, 0.25) is 42.3 Å². The van der Waals surface area contributed by atoms with E-state index >= 15 is 0 Å². The Labute approximate surface area is 161 Å². The van der Waals surface area contributed by atoms with Crippen LogP contribution in [0.1, 0.15) is 67.7 Å². The molecule has 3 heteroatoms. The van der Waals surface area contributed by atoms with E-state index in [1.165, 1.54) is 18.0 Å². The number of rotatable bonds is 10. The van der Waals surface area contributed by atoms with Gasteiger partial charge in [-0.05, 0) is 35.5 Å². The Kier molecular flexibility index (Phi) is 10.4. The van der Waals surface area contributed by atoms with Gasteiger partial charge in [0.15, 0.2) is 0 Å². The van der Waals surface area contributed by atoms with Crippen LogP contribution in [0.3, 0.4) is 0 Å². The number of hydrogen-bond acceptors (Lipinski definition) is 1. The summed E-state index contributed by atoms with van der Waals surface area (Å²) in [6.07, 6.45) is 6.55. The van der Waals surface area contributed by atoms with Crippen molar-refractivity contribution in [3.05, 3.63) is 12.2 Å². The van der Waals surface area contributed by atoms with Crippen LogP contribution in [0.5, 0.6) is 0 Å². The van der Waals surface area contributed by atoms with Crippen LogP contribution in [-0.2, 0) is 4.43 Å². The van der Waals surface area contributed by atoms with Crippen molar-refractivity contribution in [1.29, 1.82) is 0 Å². The van der Waals surface area contributed by atoms with E-state index in [2.05, 4.69) is 86.7 Å². The standard InChI is InChI=1S/C22H44OSi2/c1-12-13-22(16-21(8)17-24(9,10)11)14-15-23-25(18(2)3,19(4)5)20(6)7/h18-20,22H,8,12-13,16-17H2,1-7,9-11H3. The fraction of sp³-hybridized carbons (Fsp3) is 0.818. The van der Waals surface area contributed by atoms with Gasteiger partial charge >= 0.3 is 0 Å². The molecule has 0 aromatic carbocycles. The molecule has 0 aliphatic carbocycles. The van der Waals surface area contributed by atoms with Gasteiger partial charge in [-0.3, -0.25) is 0 Å². The Morgan fingerprint density at radius 1 is 0.960 bits per heavy atom. The summed E-state index contributed by atoms with van der Waals surface area (Å²) in [5.41, 5.74) is 3.11. The lowest BCUT2D eigenvalue weighted by Crippen LogP contribution is -2.46. The lowest BCUT2D eigenvalue weighted by Gasteiger charge is -2.39. The molecule has 0 aromatic heterocycles. The molecule has 0 aliphatic heterocycles. The summed E-state index contributed by atoms with van der Waals surface area (Å²) in [7, 11) is -2.97. The maximum absolute atomic E-state index is 6.43. The maximum atomic E-state index is 6.43. The van der Waals surface area contributed by atoms with E-state index in [4.69, 9.17) is 4.43 Å². The van der Waals surface area contributed by atoms with Gasteiger partial charge in [0.2, 0.25) is 0 Å². The molecule has 1 unspecified atom stereocenters. The van der Waals surface area contributed by atoms with E-state index in [1.54, 1.807) is 0 Å². The van der Waals surface area contributed by atoms with Crippen molar-refractivity contribution in [2.24, 2.45) is 5.92 Å². The summed E-state index contributed by atoms with van der Waals surface area (Å²) in [6, 6.07) is 1.21. The first-order valence-corrected chi connectivity index (χ1v) is 16.1. The molecule has 0 aliphatic rings. The Morgan fingerprint density at radius 2 is 1.44 bits per heavy atom. The van der Waals surface area contributed by atoms with Crippen molar-refractivity contribution in [2.45, 2.75) is 110 Å². The molecular formula is C22H44OSi2. The van der Waals surface area contributed by atoms with E-state index in [1.807, 2.05) is 0 Å². The number of allylic oxidation sites excluding steroid dienone is 1. The summed E-state index contributed by atoms with van der Waals surface area (Å²) in [5.74, 6) is 3.87. The molecule has 1 nitrogen and oxygen atoms in total. The lowest BCUT2D eigenvalue weighted by atomic mass is 9.97. The normalized spacial score (nSPS) is 13.8. The molecular weight excluding hydrogens is 336 g/mol. The third-order valence-electron chi connectivity index (χ3n) is 5.15. The predicted molar refractivity (Wildman–Crippen MR) is 120 cm³/mol. The summed E-state index contributed by atoms with van der Waals surface area (Å²) in [6.45, 7) is 27.7. The Bertz CT molecular complexity index is 439. The highest BCUT2D eigenvalue weighted by Gasteiger charge is 2.46. The summed E-state index contributed by atoms with van der Waals surface area (Å²) < 4.78 is 6.43. The van der Waals surface area contributed by atoms with Gasteiger partial charge in [-0.25, -0.2) is 0 Å². The first-order valence-electron chi connectivity index (χ1n) is 10.2. The van der Waals surface area contributed by atoms with E-state index in [0.717, 1.165) is 12.8 Å². The third-order valence-corrected chi connectivity index (χ3v) is 12.6. The quantitative estimate of drug-likeness (QED) is 0.213. The minimum Gasteiger partial charge on any atom is -0.500 e.